The van der Waals surface area contributed by atoms with Crippen LogP contribution in [0.3, 0.4) is 0 Å². The number of hydrogen-bond acceptors (Lipinski definition) is 3. The lowest BCUT2D eigenvalue weighted by atomic mass is 10.4. The number of aromatic nitrogens is 1. The van der Waals surface area contributed by atoms with E-state index in [1.54, 1.807) is 0 Å². The second-order valence-corrected chi connectivity index (χ2v) is 1.38. The molecular weight excluding hydrogens is 120 g/mol. The van der Waals surface area contributed by atoms with Crippen molar-refractivity contribution in [2.45, 2.75) is 0 Å². The average molecular weight is 123 g/mol. The molecular formula is C5H3N2O2. The summed E-state index contributed by atoms with van der Waals surface area (Å²) in [6, 6.07) is 3.65. The maximum atomic E-state index is 9.95. The van der Waals surface area contributed by atoms with Crippen LogP contribution in [0.15, 0.2) is 18.5 Å². The van der Waals surface area contributed by atoms with Gasteiger partial charge in [-0.3, -0.25) is 15.1 Å². The van der Waals surface area contributed by atoms with Crippen molar-refractivity contribution in [2.24, 2.45) is 0 Å². The van der Waals surface area contributed by atoms with Gasteiger partial charge in [0.1, 0.15) is 0 Å². The summed E-state index contributed by atoms with van der Waals surface area (Å²) >= 11 is 0. The lowest BCUT2D eigenvalue weighted by Crippen LogP contribution is -1.86. The molecule has 0 aliphatic heterocycles. The molecule has 0 bridgehead atoms. The van der Waals surface area contributed by atoms with E-state index in [9.17, 15) is 10.1 Å². The van der Waals surface area contributed by atoms with E-state index in [0.717, 1.165) is 0 Å². The molecule has 0 aliphatic rings. The second kappa shape index (κ2) is 2.21. The zero-order valence-corrected chi connectivity index (χ0v) is 4.44. The summed E-state index contributed by atoms with van der Waals surface area (Å²) in [7, 11) is 0. The van der Waals surface area contributed by atoms with Crippen molar-refractivity contribution < 1.29 is 4.92 Å². The number of hydrogen-bond donors (Lipinski definition) is 0. The second-order valence-electron chi connectivity index (χ2n) is 1.38. The summed E-state index contributed by atoms with van der Waals surface area (Å²) in [5.41, 5.74) is -0.0509. The van der Waals surface area contributed by atoms with E-state index in [2.05, 4.69) is 11.1 Å². The summed E-state index contributed by atoms with van der Waals surface area (Å²) in [4.78, 5) is 13.0. The molecule has 0 spiro atoms. The number of pyridine rings is 1. The van der Waals surface area contributed by atoms with Crippen LogP contribution in [-0.2, 0) is 0 Å². The molecule has 0 amide bonds. The van der Waals surface area contributed by atoms with E-state index in [1.165, 1.54) is 18.5 Å². The van der Waals surface area contributed by atoms with Crippen LogP contribution in [0.25, 0.3) is 0 Å². The first-order valence-corrected chi connectivity index (χ1v) is 2.27. The lowest BCUT2D eigenvalue weighted by Gasteiger charge is -1.84. The fourth-order valence-corrected chi connectivity index (χ4v) is 0.422. The molecule has 1 radical (unpaired) electrons. The lowest BCUT2D eigenvalue weighted by molar-refractivity contribution is -0.385. The van der Waals surface area contributed by atoms with Crippen LogP contribution in [0.1, 0.15) is 0 Å². The zero-order chi connectivity index (χ0) is 6.69. The van der Waals surface area contributed by atoms with Gasteiger partial charge in [-0.2, -0.15) is 0 Å². The van der Waals surface area contributed by atoms with Gasteiger partial charge in [0.15, 0.2) is 0 Å². The number of nitrogens with zero attached hydrogens (tertiary/aromatic N) is 2. The first-order chi connectivity index (χ1) is 4.30. The van der Waals surface area contributed by atoms with Gasteiger partial charge in [-0.1, -0.05) is 0 Å². The number of nitro groups is 1. The van der Waals surface area contributed by atoms with Crippen LogP contribution in [0, 0.1) is 16.2 Å². The first-order valence-electron chi connectivity index (χ1n) is 2.27. The summed E-state index contributed by atoms with van der Waals surface area (Å²) in [5.74, 6) is 0. The van der Waals surface area contributed by atoms with Crippen LogP contribution >= 0.6 is 0 Å². The Morgan fingerprint density at radius 1 is 1.78 bits per heavy atom. The van der Waals surface area contributed by atoms with Crippen molar-refractivity contribution in [3.05, 3.63) is 34.6 Å². The molecule has 0 saturated heterocycles. The molecule has 1 aromatic heterocycles. The van der Waals surface area contributed by atoms with Crippen molar-refractivity contribution in [2.75, 3.05) is 0 Å². The number of rotatable bonds is 1. The molecule has 1 aromatic rings. The highest BCUT2D eigenvalue weighted by Gasteiger charge is 2.00. The van der Waals surface area contributed by atoms with Gasteiger partial charge in [-0.05, 0) is 0 Å². The van der Waals surface area contributed by atoms with Crippen LogP contribution < -0.4 is 0 Å². The quantitative estimate of drug-likeness (QED) is 0.409. The Hall–Kier alpha value is -1.45. The minimum absolute atomic E-state index is 0.0509. The van der Waals surface area contributed by atoms with E-state index < -0.39 is 4.92 Å². The fraction of sp³-hybridized carbons (Fsp3) is 0. The van der Waals surface area contributed by atoms with Gasteiger partial charge < -0.3 is 0 Å². The molecule has 0 atom stereocenters. The van der Waals surface area contributed by atoms with Crippen molar-refractivity contribution >= 4 is 5.69 Å². The summed E-state index contributed by atoms with van der Waals surface area (Å²) in [6.07, 6.45) is 2.62. The van der Waals surface area contributed by atoms with Gasteiger partial charge in [0.2, 0.25) is 0 Å². The van der Waals surface area contributed by atoms with Crippen LogP contribution in [0.4, 0.5) is 5.69 Å². The molecule has 0 saturated carbocycles. The van der Waals surface area contributed by atoms with Crippen molar-refractivity contribution in [1.82, 2.24) is 4.98 Å². The normalized spacial score (nSPS) is 8.89. The van der Waals surface area contributed by atoms with Gasteiger partial charge in [-0.25, -0.2) is 0 Å². The largest absolute Gasteiger partial charge is 0.280 e. The average Bonchev–Trinajstić information content (AvgIpc) is 1.90. The summed E-state index contributed by atoms with van der Waals surface area (Å²) in [5, 5.41) is 9.95. The molecule has 0 fully saturated rings. The van der Waals surface area contributed by atoms with E-state index in [1.807, 2.05) is 0 Å². The Morgan fingerprint density at radius 3 is 2.89 bits per heavy atom. The Labute approximate surface area is 51.3 Å². The molecule has 0 unspecified atom stereocenters. The van der Waals surface area contributed by atoms with Crippen molar-refractivity contribution in [1.29, 1.82) is 0 Å². The summed E-state index contributed by atoms with van der Waals surface area (Å²) in [6.45, 7) is 0. The first kappa shape index (κ1) is 5.68. The summed E-state index contributed by atoms with van der Waals surface area (Å²) < 4.78 is 0. The predicted molar refractivity (Wildman–Crippen MR) is 29.7 cm³/mol. The minimum Gasteiger partial charge on any atom is -0.264 e. The highest BCUT2D eigenvalue weighted by atomic mass is 16.6. The third-order valence-corrected chi connectivity index (χ3v) is 0.802. The Balaban J connectivity index is 2.98. The molecule has 45 valence electrons. The van der Waals surface area contributed by atoms with E-state index in [4.69, 9.17) is 0 Å². The predicted octanol–water partition coefficient (Wildman–Crippen LogP) is 0.790. The maximum Gasteiger partial charge on any atom is 0.280 e. The highest BCUT2D eigenvalue weighted by molar-refractivity contribution is 5.23. The topological polar surface area (TPSA) is 56.0 Å². The highest BCUT2D eigenvalue weighted by Crippen LogP contribution is 2.04. The third kappa shape index (κ3) is 1.22. The molecule has 0 aromatic carbocycles. The minimum atomic E-state index is -0.512. The Morgan fingerprint density at radius 2 is 2.56 bits per heavy atom. The molecule has 0 N–H and O–H groups in total. The molecule has 9 heavy (non-hydrogen) atoms. The fourth-order valence-electron chi connectivity index (χ4n) is 0.422. The van der Waals surface area contributed by atoms with Crippen molar-refractivity contribution in [3.8, 4) is 0 Å². The molecule has 0 aliphatic carbocycles. The standard InChI is InChI=1S/C5H3N2O2/c8-7(9)5-1-3-6-4-2-5/h1,3-4H. The van der Waals surface area contributed by atoms with Crippen LogP contribution in [0.2, 0.25) is 0 Å². The van der Waals surface area contributed by atoms with E-state index >= 15 is 0 Å². The zero-order valence-electron chi connectivity index (χ0n) is 4.44. The molecule has 4 nitrogen and oxygen atoms in total. The molecule has 1 rings (SSSR count). The Kier molecular flexibility index (Phi) is 1.40. The van der Waals surface area contributed by atoms with Crippen LogP contribution in [0.5, 0.6) is 0 Å². The monoisotopic (exact) mass is 123 g/mol. The van der Waals surface area contributed by atoms with Gasteiger partial charge in [0, 0.05) is 18.5 Å². The molecule has 4 heteroatoms. The third-order valence-electron chi connectivity index (χ3n) is 0.802. The van der Waals surface area contributed by atoms with E-state index in [-0.39, 0.29) is 5.69 Å². The van der Waals surface area contributed by atoms with Crippen molar-refractivity contribution in [3.63, 3.8) is 0 Å². The smallest absolute Gasteiger partial charge is 0.264 e. The SMILES string of the molecule is O=[N+]([O-])c1[c]cncc1. The molecule has 1 heterocycles. The van der Waals surface area contributed by atoms with Gasteiger partial charge >= 0.3 is 0 Å². The van der Waals surface area contributed by atoms with Gasteiger partial charge in [0.05, 0.1) is 11.0 Å². The van der Waals surface area contributed by atoms with Crippen LogP contribution in [-0.4, -0.2) is 9.91 Å². The van der Waals surface area contributed by atoms with Gasteiger partial charge in [0.25, 0.3) is 5.69 Å². The Bertz CT molecular complexity index is 209. The van der Waals surface area contributed by atoms with E-state index in [0.29, 0.717) is 0 Å². The maximum absolute atomic E-state index is 9.95. The van der Waals surface area contributed by atoms with Gasteiger partial charge in [-0.15, -0.1) is 0 Å².